The van der Waals surface area contributed by atoms with Gasteiger partial charge in [-0.1, -0.05) is 23.7 Å². The lowest BCUT2D eigenvalue weighted by Crippen LogP contribution is -2.26. The molecule has 5 nitrogen and oxygen atoms in total. The topological polar surface area (TPSA) is 67.4 Å². The minimum absolute atomic E-state index is 0.146. The molecule has 0 bridgehead atoms. The Labute approximate surface area is 146 Å². The third-order valence-corrected chi connectivity index (χ3v) is 3.64. The molecule has 0 spiro atoms. The van der Waals surface area contributed by atoms with Gasteiger partial charge in [-0.25, -0.2) is 4.79 Å². The summed E-state index contributed by atoms with van der Waals surface area (Å²) in [5.74, 6) is -0.194. The Hall–Kier alpha value is -2.53. The molecule has 126 valence electrons. The second kappa shape index (κ2) is 8.36. The number of anilines is 1. The van der Waals surface area contributed by atoms with Crippen molar-refractivity contribution in [3.05, 3.63) is 64.7 Å². The second-order valence-corrected chi connectivity index (χ2v) is 5.61. The van der Waals surface area contributed by atoms with Crippen LogP contribution in [0.5, 0.6) is 0 Å². The first-order valence-corrected chi connectivity index (χ1v) is 7.97. The number of hydrogen-bond acceptors (Lipinski definition) is 3. The van der Waals surface area contributed by atoms with Gasteiger partial charge in [0.05, 0.1) is 12.6 Å². The van der Waals surface area contributed by atoms with Crippen LogP contribution in [0.3, 0.4) is 0 Å². The third-order valence-electron chi connectivity index (χ3n) is 3.39. The third kappa shape index (κ3) is 4.99. The van der Waals surface area contributed by atoms with Crippen molar-refractivity contribution in [1.29, 1.82) is 0 Å². The van der Waals surface area contributed by atoms with Gasteiger partial charge in [0.25, 0.3) is 5.91 Å². The second-order valence-electron chi connectivity index (χ2n) is 5.17. The fourth-order valence-corrected chi connectivity index (χ4v) is 2.23. The molecule has 2 N–H and O–H groups in total. The SMILES string of the molecule is CCOC(=O)Nc1ccc(C(=O)N[C@@H](C)c2ccc(Cl)cc2)cc1. The number of carbonyl (C=O) groups is 2. The predicted octanol–water partition coefficient (Wildman–Crippen LogP) is 4.40. The van der Waals surface area contributed by atoms with E-state index in [2.05, 4.69) is 10.6 Å². The predicted molar refractivity (Wildman–Crippen MR) is 94.4 cm³/mol. The van der Waals surface area contributed by atoms with E-state index in [9.17, 15) is 9.59 Å². The standard InChI is InChI=1S/C18H19ClN2O3/c1-3-24-18(23)21-16-10-6-14(7-11-16)17(22)20-12(2)13-4-8-15(19)9-5-13/h4-12H,3H2,1-2H3,(H,20,22)(H,21,23)/t12-/m0/s1. The van der Waals surface area contributed by atoms with Gasteiger partial charge in [-0.2, -0.15) is 0 Å². The first-order chi connectivity index (χ1) is 11.5. The van der Waals surface area contributed by atoms with Gasteiger partial charge in [0.1, 0.15) is 0 Å². The van der Waals surface area contributed by atoms with E-state index < -0.39 is 6.09 Å². The quantitative estimate of drug-likeness (QED) is 0.843. The zero-order valence-corrected chi connectivity index (χ0v) is 14.3. The minimum Gasteiger partial charge on any atom is -0.450 e. The van der Waals surface area contributed by atoms with Gasteiger partial charge in [0.15, 0.2) is 0 Å². The molecular formula is C18H19ClN2O3. The van der Waals surface area contributed by atoms with Gasteiger partial charge in [-0.3, -0.25) is 10.1 Å². The van der Waals surface area contributed by atoms with Gasteiger partial charge in [0.2, 0.25) is 0 Å². The molecule has 0 aromatic heterocycles. The van der Waals surface area contributed by atoms with E-state index in [1.54, 1.807) is 43.3 Å². The van der Waals surface area contributed by atoms with Crippen molar-refractivity contribution in [2.75, 3.05) is 11.9 Å². The van der Waals surface area contributed by atoms with Crippen LogP contribution >= 0.6 is 11.6 Å². The van der Waals surface area contributed by atoms with Crippen LogP contribution in [0.4, 0.5) is 10.5 Å². The van der Waals surface area contributed by atoms with Crippen LogP contribution in [0, 0.1) is 0 Å². The number of benzene rings is 2. The maximum Gasteiger partial charge on any atom is 0.411 e. The molecule has 6 heteroatoms. The highest BCUT2D eigenvalue weighted by atomic mass is 35.5. The van der Waals surface area contributed by atoms with Gasteiger partial charge in [-0.15, -0.1) is 0 Å². The summed E-state index contributed by atoms with van der Waals surface area (Å²) in [5, 5.41) is 6.15. The van der Waals surface area contributed by atoms with Gasteiger partial charge < -0.3 is 10.1 Å². The first kappa shape index (κ1) is 17.8. The summed E-state index contributed by atoms with van der Waals surface area (Å²) >= 11 is 5.86. The number of amides is 2. The summed E-state index contributed by atoms with van der Waals surface area (Å²) in [6.07, 6.45) is -0.522. The number of halogens is 1. The molecule has 1 atom stereocenters. The Morgan fingerprint density at radius 1 is 1.08 bits per heavy atom. The zero-order valence-electron chi connectivity index (χ0n) is 13.5. The molecule has 0 unspecified atom stereocenters. The molecule has 0 aliphatic heterocycles. The van der Waals surface area contributed by atoms with Crippen molar-refractivity contribution >= 4 is 29.3 Å². The highest BCUT2D eigenvalue weighted by Crippen LogP contribution is 2.17. The molecule has 0 aliphatic carbocycles. The molecule has 2 aromatic carbocycles. The smallest absolute Gasteiger partial charge is 0.411 e. The van der Waals surface area contributed by atoms with Gasteiger partial charge >= 0.3 is 6.09 Å². The van der Waals surface area contributed by atoms with E-state index in [-0.39, 0.29) is 11.9 Å². The Morgan fingerprint density at radius 3 is 2.29 bits per heavy atom. The van der Waals surface area contributed by atoms with Crippen molar-refractivity contribution < 1.29 is 14.3 Å². The summed E-state index contributed by atoms with van der Waals surface area (Å²) in [7, 11) is 0. The largest absolute Gasteiger partial charge is 0.450 e. The highest BCUT2D eigenvalue weighted by molar-refractivity contribution is 6.30. The van der Waals surface area contributed by atoms with Crippen LogP contribution in [0.2, 0.25) is 5.02 Å². The van der Waals surface area contributed by atoms with Crippen LogP contribution in [-0.4, -0.2) is 18.6 Å². The lowest BCUT2D eigenvalue weighted by atomic mass is 10.1. The lowest BCUT2D eigenvalue weighted by molar-refractivity contribution is 0.0940. The number of nitrogens with one attached hydrogen (secondary N) is 2. The molecule has 2 aromatic rings. The summed E-state index contributed by atoms with van der Waals surface area (Å²) < 4.78 is 4.79. The molecule has 2 amide bonds. The Morgan fingerprint density at radius 2 is 1.71 bits per heavy atom. The van der Waals surface area contributed by atoms with Gasteiger partial charge in [-0.05, 0) is 55.8 Å². The van der Waals surface area contributed by atoms with Crippen LogP contribution < -0.4 is 10.6 Å². The summed E-state index contributed by atoms with van der Waals surface area (Å²) in [6.45, 7) is 3.93. The molecule has 0 saturated carbocycles. The Balaban J connectivity index is 1.97. The van der Waals surface area contributed by atoms with Crippen LogP contribution in [-0.2, 0) is 4.74 Å². The summed E-state index contributed by atoms with van der Waals surface area (Å²) in [6, 6.07) is 13.8. The molecule has 0 aliphatic rings. The van der Waals surface area contributed by atoms with Crippen molar-refractivity contribution in [3.63, 3.8) is 0 Å². The minimum atomic E-state index is -0.522. The van der Waals surface area contributed by atoms with E-state index in [1.807, 2.05) is 19.1 Å². The molecule has 2 rings (SSSR count). The average Bonchev–Trinajstić information content (AvgIpc) is 2.56. The fraction of sp³-hybridized carbons (Fsp3) is 0.222. The van der Waals surface area contributed by atoms with Crippen LogP contribution in [0.15, 0.2) is 48.5 Å². The molecule has 0 heterocycles. The average molecular weight is 347 g/mol. The zero-order chi connectivity index (χ0) is 17.5. The highest BCUT2D eigenvalue weighted by Gasteiger charge is 2.12. The van der Waals surface area contributed by atoms with Crippen molar-refractivity contribution in [2.45, 2.75) is 19.9 Å². The number of hydrogen-bond donors (Lipinski definition) is 2. The number of carbonyl (C=O) groups excluding carboxylic acids is 2. The molecule has 0 radical (unpaired) electrons. The van der Waals surface area contributed by atoms with E-state index in [0.29, 0.717) is 22.9 Å². The van der Waals surface area contributed by atoms with Crippen molar-refractivity contribution in [1.82, 2.24) is 5.32 Å². The number of rotatable bonds is 5. The van der Waals surface area contributed by atoms with Crippen LogP contribution in [0.1, 0.15) is 35.8 Å². The van der Waals surface area contributed by atoms with Crippen LogP contribution in [0.25, 0.3) is 0 Å². The van der Waals surface area contributed by atoms with Crippen molar-refractivity contribution in [3.8, 4) is 0 Å². The monoisotopic (exact) mass is 346 g/mol. The molecule has 24 heavy (non-hydrogen) atoms. The first-order valence-electron chi connectivity index (χ1n) is 7.59. The van der Waals surface area contributed by atoms with Crippen molar-refractivity contribution in [2.24, 2.45) is 0 Å². The lowest BCUT2D eigenvalue weighted by Gasteiger charge is -2.14. The Kier molecular flexibility index (Phi) is 6.21. The van der Waals surface area contributed by atoms with E-state index >= 15 is 0 Å². The Bertz CT molecular complexity index is 699. The van der Waals surface area contributed by atoms with E-state index in [1.165, 1.54) is 0 Å². The molecule has 0 saturated heterocycles. The number of ether oxygens (including phenoxy) is 1. The van der Waals surface area contributed by atoms with E-state index in [4.69, 9.17) is 16.3 Å². The summed E-state index contributed by atoms with van der Waals surface area (Å²) in [5.41, 5.74) is 2.04. The maximum absolute atomic E-state index is 12.3. The molecule has 0 fully saturated rings. The maximum atomic E-state index is 12.3. The van der Waals surface area contributed by atoms with E-state index in [0.717, 1.165) is 5.56 Å². The fourth-order valence-electron chi connectivity index (χ4n) is 2.10. The summed E-state index contributed by atoms with van der Waals surface area (Å²) in [4.78, 5) is 23.6. The molecular weight excluding hydrogens is 328 g/mol. The normalized spacial score (nSPS) is 11.5. The van der Waals surface area contributed by atoms with Gasteiger partial charge in [0, 0.05) is 16.3 Å².